The summed E-state index contributed by atoms with van der Waals surface area (Å²) in [6, 6.07) is 43.1. The van der Waals surface area contributed by atoms with Gasteiger partial charge in [0, 0.05) is 28.9 Å². The van der Waals surface area contributed by atoms with Crippen molar-refractivity contribution >= 4 is 10.9 Å². The standard InChI is InChI=1S/C42H35N3/c1-28-34(29-12-7-5-8-13-29)18-19-35(30-14-9-6-10-15-30)40(28)37-21-20-36(41-38(37)26-43-27-45-41)31-16-11-17-32(24-31)39-25-33(22-23-44-39)42(2,3)4/h5-27H,1-4H3. The Balaban J connectivity index is 1.42. The van der Waals surface area contributed by atoms with Crippen LogP contribution in [0, 0.1) is 6.92 Å². The van der Waals surface area contributed by atoms with Gasteiger partial charge in [0.1, 0.15) is 6.33 Å². The number of nitrogens with zero attached hydrogens (tertiary/aromatic N) is 3. The molecule has 5 aromatic carbocycles. The Kier molecular flexibility index (Phi) is 7.31. The molecule has 0 amide bonds. The Bertz CT molecular complexity index is 2140. The highest BCUT2D eigenvalue weighted by atomic mass is 14.8. The summed E-state index contributed by atoms with van der Waals surface area (Å²) >= 11 is 0. The van der Waals surface area contributed by atoms with Crippen molar-refractivity contribution < 1.29 is 0 Å². The first-order valence-electron chi connectivity index (χ1n) is 15.4. The summed E-state index contributed by atoms with van der Waals surface area (Å²) in [6.07, 6.45) is 5.53. The van der Waals surface area contributed by atoms with Gasteiger partial charge in [-0.1, -0.05) is 124 Å². The Morgan fingerprint density at radius 2 is 1.16 bits per heavy atom. The second-order valence-electron chi connectivity index (χ2n) is 12.6. The quantitative estimate of drug-likeness (QED) is 0.203. The highest BCUT2D eigenvalue weighted by Gasteiger charge is 2.20. The van der Waals surface area contributed by atoms with Crippen LogP contribution in [0.3, 0.4) is 0 Å². The average Bonchev–Trinajstić information content (AvgIpc) is 3.08. The van der Waals surface area contributed by atoms with Gasteiger partial charge in [0.25, 0.3) is 0 Å². The fourth-order valence-corrected chi connectivity index (χ4v) is 6.28. The minimum atomic E-state index is 0.0484. The van der Waals surface area contributed by atoms with Gasteiger partial charge in [-0.15, -0.1) is 0 Å². The highest BCUT2D eigenvalue weighted by Crippen LogP contribution is 2.43. The van der Waals surface area contributed by atoms with E-state index in [0.717, 1.165) is 38.9 Å². The van der Waals surface area contributed by atoms with Gasteiger partial charge in [0.2, 0.25) is 0 Å². The molecule has 0 unspecified atom stereocenters. The fourth-order valence-electron chi connectivity index (χ4n) is 6.28. The highest BCUT2D eigenvalue weighted by molar-refractivity contribution is 6.06. The van der Waals surface area contributed by atoms with E-state index < -0.39 is 0 Å². The van der Waals surface area contributed by atoms with E-state index in [4.69, 9.17) is 9.97 Å². The molecule has 0 atom stereocenters. The van der Waals surface area contributed by atoms with E-state index in [1.807, 2.05) is 12.4 Å². The molecule has 0 radical (unpaired) electrons. The first-order valence-corrected chi connectivity index (χ1v) is 15.4. The van der Waals surface area contributed by atoms with Crippen LogP contribution in [0.4, 0.5) is 0 Å². The smallest absolute Gasteiger partial charge is 0.116 e. The predicted molar refractivity (Wildman–Crippen MR) is 188 cm³/mol. The first kappa shape index (κ1) is 28.4. The maximum atomic E-state index is 4.88. The lowest BCUT2D eigenvalue weighted by atomic mass is 9.84. The summed E-state index contributed by atoms with van der Waals surface area (Å²) in [6.45, 7) is 8.93. The monoisotopic (exact) mass is 581 g/mol. The zero-order chi connectivity index (χ0) is 31.0. The van der Waals surface area contributed by atoms with Crippen LogP contribution in [0.2, 0.25) is 0 Å². The minimum Gasteiger partial charge on any atom is -0.256 e. The molecule has 0 aliphatic rings. The molecule has 0 N–H and O–H groups in total. The topological polar surface area (TPSA) is 38.7 Å². The van der Waals surface area contributed by atoms with E-state index in [0.29, 0.717) is 0 Å². The molecule has 3 nitrogen and oxygen atoms in total. The predicted octanol–water partition coefficient (Wildman–Crippen LogP) is 11.0. The van der Waals surface area contributed by atoms with Crippen LogP contribution in [0.1, 0.15) is 31.9 Å². The number of hydrogen-bond donors (Lipinski definition) is 0. The lowest BCUT2D eigenvalue weighted by Gasteiger charge is -2.20. The summed E-state index contributed by atoms with van der Waals surface area (Å²) in [5.41, 5.74) is 14.8. The van der Waals surface area contributed by atoms with Gasteiger partial charge in [-0.3, -0.25) is 4.98 Å². The van der Waals surface area contributed by atoms with Gasteiger partial charge in [-0.05, 0) is 80.6 Å². The lowest BCUT2D eigenvalue weighted by molar-refractivity contribution is 0.589. The van der Waals surface area contributed by atoms with E-state index in [9.17, 15) is 0 Å². The van der Waals surface area contributed by atoms with E-state index in [1.54, 1.807) is 6.33 Å². The molecule has 2 aromatic heterocycles. The summed E-state index contributed by atoms with van der Waals surface area (Å²) < 4.78 is 0. The zero-order valence-corrected chi connectivity index (χ0v) is 26.1. The molecule has 0 aliphatic carbocycles. The fraction of sp³-hybridized carbons (Fsp3) is 0.119. The molecule has 2 heterocycles. The number of rotatable bonds is 5. The Labute approximate surface area is 265 Å². The molecule has 0 saturated heterocycles. The van der Waals surface area contributed by atoms with Crippen LogP contribution in [0.5, 0.6) is 0 Å². The number of aromatic nitrogens is 3. The van der Waals surface area contributed by atoms with E-state index >= 15 is 0 Å². The lowest BCUT2D eigenvalue weighted by Crippen LogP contribution is -2.11. The second kappa shape index (κ2) is 11.6. The Morgan fingerprint density at radius 3 is 1.89 bits per heavy atom. The third-order valence-electron chi connectivity index (χ3n) is 8.67. The van der Waals surface area contributed by atoms with Gasteiger partial charge in [-0.25, -0.2) is 9.97 Å². The normalized spacial score (nSPS) is 11.6. The Morgan fingerprint density at radius 1 is 0.533 bits per heavy atom. The number of hydrogen-bond acceptors (Lipinski definition) is 3. The van der Waals surface area contributed by atoms with Crippen molar-refractivity contribution in [2.45, 2.75) is 33.1 Å². The summed E-state index contributed by atoms with van der Waals surface area (Å²) in [4.78, 5) is 14.1. The van der Waals surface area contributed by atoms with Gasteiger partial charge < -0.3 is 0 Å². The van der Waals surface area contributed by atoms with Gasteiger partial charge in [-0.2, -0.15) is 0 Å². The van der Waals surface area contributed by atoms with Gasteiger partial charge >= 0.3 is 0 Å². The van der Waals surface area contributed by atoms with Gasteiger partial charge in [0.15, 0.2) is 0 Å². The van der Waals surface area contributed by atoms with Gasteiger partial charge in [0.05, 0.1) is 11.2 Å². The van der Waals surface area contributed by atoms with Crippen molar-refractivity contribution in [3.8, 4) is 55.8 Å². The second-order valence-corrected chi connectivity index (χ2v) is 12.6. The maximum Gasteiger partial charge on any atom is 0.116 e. The van der Waals surface area contributed by atoms with Crippen LogP contribution < -0.4 is 0 Å². The van der Waals surface area contributed by atoms with Crippen molar-refractivity contribution in [1.82, 2.24) is 15.0 Å². The van der Waals surface area contributed by atoms with Crippen molar-refractivity contribution in [2.24, 2.45) is 0 Å². The Hall–Kier alpha value is -5.41. The third kappa shape index (κ3) is 5.42. The number of benzene rings is 5. The van der Waals surface area contributed by atoms with E-state index in [2.05, 4.69) is 154 Å². The zero-order valence-electron chi connectivity index (χ0n) is 26.1. The molecular weight excluding hydrogens is 546 g/mol. The first-order chi connectivity index (χ1) is 21.9. The van der Waals surface area contributed by atoms with Crippen molar-refractivity contribution in [3.05, 3.63) is 151 Å². The molecule has 0 saturated carbocycles. The van der Waals surface area contributed by atoms with Crippen molar-refractivity contribution in [1.29, 1.82) is 0 Å². The molecule has 7 rings (SSSR count). The molecule has 3 heteroatoms. The molecular formula is C42H35N3. The molecule has 0 bridgehead atoms. The summed E-state index contributed by atoms with van der Waals surface area (Å²) in [5.74, 6) is 0. The SMILES string of the molecule is Cc1c(-c2ccccc2)ccc(-c2ccccc2)c1-c1ccc(-c2cccc(-c3cc(C(C)(C)C)ccn3)c2)c2ncncc12. The molecule has 7 aromatic rings. The molecule has 45 heavy (non-hydrogen) atoms. The number of pyridine rings is 1. The summed E-state index contributed by atoms with van der Waals surface area (Å²) in [7, 11) is 0. The number of fused-ring (bicyclic) bond motifs is 1. The van der Waals surface area contributed by atoms with Crippen molar-refractivity contribution in [2.75, 3.05) is 0 Å². The van der Waals surface area contributed by atoms with Crippen LogP contribution >= 0.6 is 0 Å². The third-order valence-corrected chi connectivity index (χ3v) is 8.67. The maximum absolute atomic E-state index is 4.88. The average molecular weight is 582 g/mol. The molecule has 218 valence electrons. The van der Waals surface area contributed by atoms with Crippen molar-refractivity contribution in [3.63, 3.8) is 0 Å². The molecule has 0 fully saturated rings. The van der Waals surface area contributed by atoms with E-state index in [1.165, 1.54) is 38.9 Å². The molecule has 0 aliphatic heterocycles. The van der Waals surface area contributed by atoms with Crippen LogP contribution in [0.15, 0.2) is 140 Å². The van der Waals surface area contributed by atoms with Crippen LogP contribution in [-0.4, -0.2) is 15.0 Å². The largest absolute Gasteiger partial charge is 0.256 e. The minimum absolute atomic E-state index is 0.0484. The molecule has 0 spiro atoms. The van der Waals surface area contributed by atoms with Crippen LogP contribution in [0.25, 0.3) is 66.7 Å². The van der Waals surface area contributed by atoms with Crippen LogP contribution in [-0.2, 0) is 5.41 Å². The summed E-state index contributed by atoms with van der Waals surface area (Å²) in [5, 5.41) is 1.03. The van der Waals surface area contributed by atoms with E-state index in [-0.39, 0.29) is 5.41 Å².